The number of rotatable bonds is 8. The maximum Gasteiger partial charge on any atom is 1.00 e. The van der Waals surface area contributed by atoms with Crippen LogP contribution in [0.1, 0.15) is 29.9 Å². The van der Waals surface area contributed by atoms with E-state index in [1.807, 2.05) is 45.0 Å². The molecule has 0 radical (unpaired) electrons. The summed E-state index contributed by atoms with van der Waals surface area (Å²) in [5, 5.41) is 8.03. The van der Waals surface area contributed by atoms with Crippen LogP contribution in [0.2, 0.25) is 0 Å². The number of nitrogens with one attached hydrogen (secondary N) is 1. The minimum absolute atomic E-state index is 0. The van der Waals surface area contributed by atoms with Gasteiger partial charge in [-0.25, -0.2) is 9.97 Å². The molecule has 3 aromatic rings. The van der Waals surface area contributed by atoms with Gasteiger partial charge in [0, 0.05) is 11.6 Å². The van der Waals surface area contributed by atoms with Gasteiger partial charge in [0.15, 0.2) is 5.75 Å². The van der Waals surface area contributed by atoms with E-state index in [1.165, 1.54) is 12.3 Å². The van der Waals surface area contributed by atoms with Gasteiger partial charge in [0.05, 0.1) is 12.1 Å². The van der Waals surface area contributed by atoms with Crippen molar-refractivity contribution in [1.29, 1.82) is 0 Å². The van der Waals surface area contributed by atoms with Gasteiger partial charge < -0.3 is 15.4 Å². The van der Waals surface area contributed by atoms with Crippen molar-refractivity contribution >= 4 is 16.8 Å². The maximum absolute atomic E-state index is 13.3. The van der Waals surface area contributed by atoms with Crippen LogP contribution in [-0.2, 0) is 0 Å². The summed E-state index contributed by atoms with van der Waals surface area (Å²) in [6.07, 6.45) is 1.36. The van der Waals surface area contributed by atoms with Gasteiger partial charge in [-0.15, -0.1) is 13.1 Å². The summed E-state index contributed by atoms with van der Waals surface area (Å²) >= 11 is 0. The molecule has 1 N–H and O–H groups in total. The van der Waals surface area contributed by atoms with Crippen LogP contribution in [0.25, 0.3) is 16.2 Å². The quantitative estimate of drug-likeness (QED) is 0.328. The van der Waals surface area contributed by atoms with Crippen LogP contribution in [0.5, 0.6) is 5.75 Å². The van der Waals surface area contributed by atoms with Crippen LogP contribution in [0, 0.1) is 12.9 Å². The Morgan fingerprint density at radius 2 is 1.97 bits per heavy atom. The van der Waals surface area contributed by atoms with E-state index >= 15 is 0 Å². The second kappa shape index (κ2) is 14.6. The van der Waals surface area contributed by atoms with Crippen LogP contribution in [0.15, 0.2) is 48.7 Å². The molecule has 154 valence electrons. The third-order valence-electron chi connectivity index (χ3n) is 3.86. The number of fused-ring (bicyclic) bond motifs is 1. The molecule has 0 aliphatic heterocycles. The Morgan fingerprint density at radius 1 is 1.17 bits per heavy atom. The first-order valence-corrected chi connectivity index (χ1v) is 9.65. The van der Waals surface area contributed by atoms with Crippen LogP contribution >= 0.6 is 0 Å². The summed E-state index contributed by atoms with van der Waals surface area (Å²) in [6, 6.07) is 12.6. The van der Waals surface area contributed by atoms with Crippen LogP contribution < -0.4 is 61.4 Å². The molecule has 30 heavy (non-hydrogen) atoms. The molecule has 2 aromatic heterocycles. The Hall–Kier alpha value is -1.42. The fourth-order valence-corrected chi connectivity index (χ4v) is 2.52. The summed E-state index contributed by atoms with van der Waals surface area (Å²) in [4.78, 5) is 20.1. The molecule has 0 saturated carbocycles. The molecular formula is C22H26FKN4O2. The Morgan fingerprint density at radius 3 is 2.73 bits per heavy atom. The number of halogens is 1. The van der Waals surface area contributed by atoms with Crippen LogP contribution in [0.4, 0.5) is 4.39 Å². The molecule has 0 atom stereocenters. The molecule has 2 heterocycles. The number of carbonyl (C=O) groups is 1. The molecule has 0 saturated heterocycles. The van der Waals surface area contributed by atoms with Crippen molar-refractivity contribution in [3.05, 3.63) is 71.2 Å². The van der Waals surface area contributed by atoms with Crippen LogP contribution in [0.3, 0.4) is 0 Å². The Kier molecular flexibility index (Phi) is 12.9. The molecule has 0 fully saturated rings. The molecule has 1 aromatic carbocycles. The van der Waals surface area contributed by atoms with Gasteiger partial charge in [-0.05, 0) is 43.8 Å². The van der Waals surface area contributed by atoms with Gasteiger partial charge in [0.1, 0.15) is 5.69 Å². The Bertz CT molecular complexity index is 940. The smallest absolute Gasteiger partial charge is 0.658 e. The van der Waals surface area contributed by atoms with Crippen molar-refractivity contribution in [2.24, 2.45) is 0 Å². The molecule has 0 bridgehead atoms. The van der Waals surface area contributed by atoms with Crippen LogP contribution in [-0.4, -0.2) is 42.1 Å². The number of pyridine rings is 2. The van der Waals surface area contributed by atoms with E-state index in [4.69, 9.17) is 4.74 Å². The molecule has 0 aliphatic carbocycles. The summed E-state index contributed by atoms with van der Waals surface area (Å²) in [7, 11) is 0. The summed E-state index contributed by atoms with van der Waals surface area (Å²) in [6.45, 7) is 7.51. The fraction of sp³-hybridized carbons (Fsp3) is 0.318. The van der Waals surface area contributed by atoms with E-state index in [9.17, 15) is 9.18 Å². The van der Waals surface area contributed by atoms with Gasteiger partial charge >= 0.3 is 51.4 Å². The van der Waals surface area contributed by atoms with E-state index in [-0.39, 0.29) is 69.6 Å². The molecule has 6 nitrogen and oxygen atoms in total. The number of hydrogen-bond acceptors (Lipinski definition) is 4. The zero-order valence-electron chi connectivity index (χ0n) is 18.0. The number of nitrogens with zero attached hydrogens (tertiary/aromatic N) is 3. The van der Waals surface area contributed by atoms with Crippen molar-refractivity contribution in [2.45, 2.75) is 20.8 Å². The predicted molar refractivity (Wildman–Crippen MR) is 113 cm³/mol. The number of carbonyl (C=O) groups excluding carboxylic acids is 1. The van der Waals surface area contributed by atoms with Crippen molar-refractivity contribution in [3.8, 4) is 5.75 Å². The van der Waals surface area contributed by atoms with Crippen molar-refractivity contribution in [1.82, 2.24) is 15.3 Å². The molecule has 8 heteroatoms. The summed E-state index contributed by atoms with van der Waals surface area (Å²) in [5.41, 5.74) is 2.32. The number of aryl methyl sites for hydroxylation is 1. The van der Waals surface area contributed by atoms with Gasteiger partial charge in [0.2, 0.25) is 0 Å². The van der Waals surface area contributed by atoms with Crippen molar-refractivity contribution in [2.75, 3.05) is 26.2 Å². The van der Waals surface area contributed by atoms with Gasteiger partial charge in [-0.3, -0.25) is 4.79 Å². The largest absolute Gasteiger partial charge is 1.00 e. The second-order valence-corrected chi connectivity index (χ2v) is 5.96. The third kappa shape index (κ3) is 8.37. The molecule has 0 aliphatic rings. The molecule has 1 amide bonds. The van der Waals surface area contributed by atoms with E-state index in [1.54, 1.807) is 12.1 Å². The molecule has 0 spiro atoms. The molecular weight excluding hydrogens is 410 g/mol. The first kappa shape index (κ1) is 26.6. The van der Waals surface area contributed by atoms with E-state index < -0.39 is 5.95 Å². The first-order valence-electron chi connectivity index (χ1n) is 9.65. The SMILES string of the molecule is CC.Cc1ccc2nc(C(=O)NCC[N-]CCOc3cccnc3F)ccc2c1.[K+]. The predicted octanol–water partition coefficient (Wildman–Crippen LogP) is 1.29. The van der Waals surface area contributed by atoms with Crippen molar-refractivity contribution < 1.29 is 65.3 Å². The number of benzene rings is 1. The zero-order chi connectivity index (χ0) is 21.1. The van der Waals surface area contributed by atoms with Gasteiger partial charge in [-0.2, -0.15) is 4.39 Å². The maximum atomic E-state index is 13.3. The number of hydrogen-bond donors (Lipinski definition) is 1. The average molecular weight is 437 g/mol. The molecule has 0 unspecified atom stereocenters. The summed E-state index contributed by atoms with van der Waals surface area (Å²) < 4.78 is 18.5. The van der Waals surface area contributed by atoms with Gasteiger partial charge in [0.25, 0.3) is 11.9 Å². The summed E-state index contributed by atoms with van der Waals surface area (Å²) in [5.74, 6) is -0.761. The van der Waals surface area contributed by atoms with E-state index in [0.717, 1.165) is 16.5 Å². The number of ether oxygens (including phenoxy) is 1. The minimum atomic E-state index is -0.636. The van der Waals surface area contributed by atoms with E-state index in [2.05, 4.69) is 20.6 Å². The fourth-order valence-electron chi connectivity index (χ4n) is 2.52. The average Bonchev–Trinajstić information content (AvgIpc) is 2.75. The molecule has 3 rings (SSSR count). The van der Waals surface area contributed by atoms with Gasteiger partial charge in [-0.1, -0.05) is 31.5 Å². The topological polar surface area (TPSA) is 78.2 Å². The monoisotopic (exact) mass is 436 g/mol. The standard InChI is InChI=1S/C20H20FN4O2.C2H6.K/c1-14-4-6-16-15(13-14)5-7-17(25-16)20(26)24-10-9-22-11-12-27-18-3-2-8-23-19(18)21;1-2;/h2-8,13H,9-12H2,1H3,(H,24,26);1-2H3;/q-1;;+1. The Balaban J connectivity index is 0.00000146. The normalized spacial score (nSPS) is 9.87. The first-order chi connectivity index (χ1) is 14.1. The van der Waals surface area contributed by atoms with Crippen molar-refractivity contribution in [3.63, 3.8) is 0 Å². The third-order valence-corrected chi connectivity index (χ3v) is 3.86. The van der Waals surface area contributed by atoms with E-state index in [0.29, 0.717) is 25.3 Å². The second-order valence-electron chi connectivity index (χ2n) is 5.96. The minimum Gasteiger partial charge on any atom is -0.658 e. The zero-order valence-corrected chi connectivity index (χ0v) is 21.1. The number of amides is 1. The Labute approximate surface area is 219 Å². The number of aromatic nitrogens is 2.